The number of carbonyl (C=O) groups is 1. The molecule has 2 aromatic carbocycles. The normalized spacial score (nSPS) is 28.5. The van der Waals surface area contributed by atoms with E-state index in [-0.39, 0.29) is 22.9 Å². The van der Waals surface area contributed by atoms with Crippen LogP contribution in [0, 0.1) is 29.0 Å². The summed E-state index contributed by atoms with van der Waals surface area (Å²) in [7, 11) is 0. The van der Waals surface area contributed by atoms with Crippen molar-refractivity contribution in [3.05, 3.63) is 65.5 Å². The van der Waals surface area contributed by atoms with Crippen molar-refractivity contribution >= 4 is 5.91 Å². The second-order valence-corrected chi connectivity index (χ2v) is 10.4. The molecular weight excluding hydrogens is 446 g/mol. The Balaban J connectivity index is 1.25. The van der Waals surface area contributed by atoms with Crippen molar-refractivity contribution in [3.63, 3.8) is 0 Å². The third kappa shape index (κ3) is 4.80. The number of hydrogen-bond donors (Lipinski definition) is 1. The summed E-state index contributed by atoms with van der Waals surface area (Å²) in [6.07, 6.45) is 2.20. The van der Waals surface area contributed by atoms with Gasteiger partial charge in [0.05, 0.1) is 5.56 Å². The lowest BCUT2D eigenvalue weighted by Gasteiger charge is -2.55. The van der Waals surface area contributed by atoms with E-state index in [1.165, 1.54) is 43.5 Å². The van der Waals surface area contributed by atoms with Crippen LogP contribution in [0.5, 0.6) is 5.75 Å². The Labute approximate surface area is 196 Å². The number of benzene rings is 2. The third-order valence-corrected chi connectivity index (χ3v) is 7.91. The minimum absolute atomic E-state index is 0.124. The van der Waals surface area contributed by atoms with Crippen molar-refractivity contribution in [1.82, 2.24) is 5.32 Å². The fourth-order valence-electron chi connectivity index (χ4n) is 6.75. The van der Waals surface area contributed by atoms with Crippen LogP contribution in [0.15, 0.2) is 48.5 Å². The van der Waals surface area contributed by atoms with E-state index in [9.17, 15) is 22.4 Å². The van der Waals surface area contributed by atoms with Crippen LogP contribution in [-0.2, 0) is 11.0 Å². The maximum Gasteiger partial charge on any atom is 0.416 e. The first-order valence-corrected chi connectivity index (χ1v) is 12.1. The number of hydrogen-bond acceptors (Lipinski definition) is 2. The Kier molecular flexibility index (Phi) is 6.07. The summed E-state index contributed by atoms with van der Waals surface area (Å²) in [6, 6.07) is 10.4. The van der Waals surface area contributed by atoms with E-state index >= 15 is 0 Å². The SMILES string of the molecule is O=C(NCCC(Oc1ccc(C(F)(F)F)cc1)c1ccc(F)cc1)C12CC3CC(CC(C3)C1)C2. The maximum absolute atomic E-state index is 13.4. The van der Waals surface area contributed by atoms with E-state index in [2.05, 4.69) is 5.32 Å². The van der Waals surface area contributed by atoms with Crippen molar-refractivity contribution in [2.24, 2.45) is 23.2 Å². The first-order chi connectivity index (χ1) is 16.2. The zero-order valence-electron chi connectivity index (χ0n) is 18.9. The average Bonchev–Trinajstić information content (AvgIpc) is 2.78. The molecule has 1 atom stereocenters. The van der Waals surface area contributed by atoms with Crippen LogP contribution in [0.3, 0.4) is 0 Å². The van der Waals surface area contributed by atoms with Crippen molar-refractivity contribution in [2.45, 2.75) is 57.2 Å². The predicted molar refractivity (Wildman–Crippen MR) is 119 cm³/mol. The van der Waals surface area contributed by atoms with Crippen LogP contribution < -0.4 is 10.1 Å². The molecular formula is C27H29F4NO2. The molecule has 4 saturated carbocycles. The number of ether oxygens (including phenoxy) is 1. The molecule has 4 bridgehead atoms. The Morgan fingerprint density at radius 2 is 1.50 bits per heavy atom. The lowest BCUT2D eigenvalue weighted by atomic mass is 9.49. The van der Waals surface area contributed by atoms with E-state index in [4.69, 9.17) is 4.74 Å². The largest absolute Gasteiger partial charge is 0.486 e. The van der Waals surface area contributed by atoms with E-state index in [1.54, 1.807) is 12.1 Å². The summed E-state index contributed by atoms with van der Waals surface area (Å²) in [5.41, 5.74) is -0.291. The second-order valence-electron chi connectivity index (χ2n) is 10.4. The number of amides is 1. The fourth-order valence-corrected chi connectivity index (χ4v) is 6.75. The molecule has 4 aliphatic rings. The second kappa shape index (κ2) is 8.90. The Bertz CT molecular complexity index is 981. The van der Waals surface area contributed by atoms with Gasteiger partial charge in [-0.2, -0.15) is 13.2 Å². The molecule has 0 aliphatic heterocycles. The molecule has 7 heteroatoms. The van der Waals surface area contributed by atoms with Crippen LogP contribution in [0.4, 0.5) is 17.6 Å². The summed E-state index contributed by atoms with van der Waals surface area (Å²) in [5.74, 6) is 2.05. The highest BCUT2D eigenvalue weighted by Crippen LogP contribution is 2.60. The minimum Gasteiger partial charge on any atom is -0.486 e. The van der Waals surface area contributed by atoms with Crippen LogP contribution in [0.2, 0.25) is 0 Å². The lowest BCUT2D eigenvalue weighted by Crippen LogP contribution is -2.53. The van der Waals surface area contributed by atoms with Gasteiger partial charge in [-0.05, 0) is 98.2 Å². The molecule has 1 N–H and O–H groups in total. The number of carbonyl (C=O) groups excluding carboxylic acids is 1. The minimum atomic E-state index is -4.42. The molecule has 4 fully saturated rings. The number of alkyl halides is 3. The van der Waals surface area contributed by atoms with E-state index in [1.807, 2.05) is 0 Å². The molecule has 3 nitrogen and oxygen atoms in total. The number of rotatable bonds is 7. The lowest BCUT2D eigenvalue weighted by molar-refractivity contribution is -0.146. The van der Waals surface area contributed by atoms with Crippen LogP contribution >= 0.6 is 0 Å². The molecule has 0 saturated heterocycles. The molecule has 0 spiro atoms. The first kappa shape index (κ1) is 23.2. The topological polar surface area (TPSA) is 38.3 Å². The molecule has 0 aromatic heterocycles. The summed E-state index contributed by atoms with van der Waals surface area (Å²) < 4.78 is 58.1. The van der Waals surface area contributed by atoms with Gasteiger partial charge in [-0.1, -0.05) is 12.1 Å². The number of nitrogens with one attached hydrogen (secondary N) is 1. The van der Waals surface area contributed by atoms with Gasteiger partial charge in [0.25, 0.3) is 0 Å². The van der Waals surface area contributed by atoms with Gasteiger partial charge < -0.3 is 10.1 Å². The van der Waals surface area contributed by atoms with Crippen LogP contribution in [-0.4, -0.2) is 12.5 Å². The van der Waals surface area contributed by atoms with Gasteiger partial charge in [0.2, 0.25) is 5.91 Å². The van der Waals surface area contributed by atoms with Gasteiger partial charge in [0.15, 0.2) is 0 Å². The average molecular weight is 476 g/mol. The third-order valence-electron chi connectivity index (χ3n) is 7.91. The maximum atomic E-state index is 13.4. The van der Waals surface area contributed by atoms with Crippen molar-refractivity contribution < 1.29 is 27.1 Å². The molecule has 4 aliphatic carbocycles. The highest BCUT2D eigenvalue weighted by Gasteiger charge is 2.54. The van der Waals surface area contributed by atoms with Crippen molar-refractivity contribution in [1.29, 1.82) is 0 Å². The summed E-state index contributed by atoms with van der Waals surface area (Å²) in [6.45, 7) is 0.378. The van der Waals surface area contributed by atoms with E-state index in [0.29, 0.717) is 36.3 Å². The summed E-state index contributed by atoms with van der Waals surface area (Å²) in [5, 5.41) is 3.12. The van der Waals surface area contributed by atoms with Crippen molar-refractivity contribution in [3.8, 4) is 5.75 Å². The quantitative estimate of drug-likeness (QED) is 0.453. The van der Waals surface area contributed by atoms with Crippen LogP contribution in [0.25, 0.3) is 0 Å². The molecule has 2 aromatic rings. The Hall–Kier alpha value is -2.57. The highest BCUT2D eigenvalue weighted by molar-refractivity contribution is 5.83. The molecule has 0 radical (unpaired) electrons. The monoisotopic (exact) mass is 475 g/mol. The highest BCUT2D eigenvalue weighted by atomic mass is 19.4. The van der Waals surface area contributed by atoms with E-state index in [0.717, 1.165) is 31.4 Å². The molecule has 1 unspecified atom stereocenters. The Morgan fingerprint density at radius 1 is 0.941 bits per heavy atom. The van der Waals surface area contributed by atoms with Gasteiger partial charge >= 0.3 is 6.18 Å². The molecule has 182 valence electrons. The van der Waals surface area contributed by atoms with Gasteiger partial charge in [-0.3, -0.25) is 4.79 Å². The van der Waals surface area contributed by atoms with Gasteiger partial charge in [-0.25, -0.2) is 4.39 Å². The smallest absolute Gasteiger partial charge is 0.416 e. The molecule has 34 heavy (non-hydrogen) atoms. The Morgan fingerprint density at radius 3 is 2.03 bits per heavy atom. The standard InChI is InChI=1S/C27H29F4NO2/c28-22-5-1-20(2-6-22)24(34-23-7-3-21(4-8-23)27(29,30)31)9-10-32-25(33)26-14-17-11-18(15-26)13-19(12-17)16-26/h1-8,17-19,24H,9-16H2,(H,32,33). The molecule has 6 rings (SSSR count). The van der Waals surface area contributed by atoms with Crippen LogP contribution in [0.1, 0.15) is 62.2 Å². The van der Waals surface area contributed by atoms with Gasteiger partial charge in [-0.15, -0.1) is 0 Å². The molecule has 0 heterocycles. The summed E-state index contributed by atoms with van der Waals surface area (Å²) in [4.78, 5) is 13.2. The first-order valence-electron chi connectivity index (χ1n) is 12.1. The predicted octanol–water partition coefficient (Wildman–Crippen LogP) is 6.69. The zero-order valence-corrected chi connectivity index (χ0v) is 18.9. The van der Waals surface area contributed by atoms with Gasteiger partial charge in [0, 0.05) is 18.4 Å². The zero-order chi connectivity index (χ0) is 23.9. The fraction of sp³-hybridized carbons (Fsp3) is 0.519. The van der Waals surface area contributed by atoms with Gasteiger partial charge in [0.1, 0.15) is 17.7 Å². The van der Waals surface area contributed by atoms with Crippen molar-refractivity contribution in [2.75, 3.05) is 6.54 Å². The molecule has 1 amide bonds. The summed E-state index contributed by atoms with van der Waals surface area (Å²) >= 11 is 0. The van der Waals surface area contributed by atoms with E-state index < -0.39 is 17.8 Å². The number of halogens is 4.